The number of aromatic nitrogens is 3. The van der Waals surface area contributed by atoms with Gasteiger partial charge in [-0.15, -0.1) is 0 Å². The Morgan fingerprint density at radius 1 is 1.56 bits per heavy atom. The Morgan fingerprint density at radius 2 is 2.38 bits per heavy atom. The number of rotatable bonds is 2. The molecule has 0 saturated carbocycles. The molecule has 0 saturated heterocycles. The summed E-state index contributed by atoms with van der Waals surface area (Å²) in [5.41, 5.74) is 0.187. The number of nitrogens with zero attached hydrogens (tertiary/aromatic N) is 3. The third-order valence-corrected chi connectivity index (χ3v) is 1.91. The van der Waals surface area contributed by atoms with Gasteiger partial charge in [0.1, 0.15) is 11.6 Å². The van der Waals surface area contributed by atoms with Gasteiger partial charge in [0.05, 0.1) is 0 Å². The van der Waals surface area contributed by atoms with Crippen molar-refractivity contribution in [2.24, 2.45) is 0 Å². The summed E-state index contributed by atoms with van der Waals surface area (Å²) >= 11 is 5.57. The first-order valence-electron chi connectivity index (χ1n) is 4.38. The van der Waals surface area contributed by atoms with Crippen molar-refractivity contribution in [1.82, 2.24) is 15.1 Å². The largest absolute Gasteiger partial charge is 0.361 e. The molecule has 0 aromatic carbocycles. The normalized spacial score (nSPS) is 10.1. The van der Waals surface area contributed by atoms with Gasteiger partial charge in [0.15, 0.2) is 5.69 Å². The van der Waals surface area contributed by atoms with Crippen molar-refractivity contribution < 1.29 is 9.32 Å². The highest BCUT2D eigenvalue weighted by atomic mass is 35.5. The molecule has 2 rings (SSSR count). The van der Waals surface area contributed by atoms with Crippen molar-refractivity contribution in [2.75, 3.05) is 5.32 Å². The standard InChI is InChI=1S/C9H7ClN4O2/c1-5-4-6(14-16-5)8(15)12-7-2-3-11-9(10)13-7/h2-4H,1H3,(H,11,12,13,15). The van der Waals surface area contributed by atoms with Crippen molar-refractivity contribution in [3.8, 4) is 0 Å². The number of hydrogen-bond donors (Lipinski definition) is 1. The van der Waals surface area contributed by atoms with Gasteiger partial charge in [-0.05, 0) is 24.6 Å². The molecule has 0 fully saturated rings. The van der Waals surface area contributed by atoms with Gasteiger partial charge in [-0.3, -0.25) is 4.79 Å². The molecule has 0 atom stereocenters. The zero-order valence-electron chi connectivity index (χ0n) is 8.27. The predicted octanol–water partition coefficient (Wildman–Crippen LogP) is 1.68. The van der Waals surface area contributed by atoms with Crippen LogP contribution < -0.4 is 5.32 Å². The summed E-state index contributed by atoms with van der Waals surface area (Å²) in [5.74, 6) is 0.461. The lowest BCUT2D eigenvalue weighted by Gasteiger charge is -2.00. The molecular formula is C9H7ClN4O2. The van der Waals surface area contributed by atoms with Gasteiger partial charge in [-0.25, -0.2) is 9.97 Å². The summed E-state index contributed by atoms with van der Waals surface area (Å²) in [4.78, 5) is 19.1. The van der Waals surface area contributed by atoms with Crippen molar-refractivity contribution in [3.05, 3.63) is 35.1 Å². The molecular weight excluding hydrogens is 232 g/mol. The van der Waals surface area contributed by atoms with E-state index in [9.17, 15) is 4.79 Å². The number of amides is 1. The first-order valence-corrected chi connectivity index (χ1v) is 4.76. The van der Waals surface area contributed by atoms with Crippen molar-refractivity contribution in [1.29, 1.82) is 0 Å². The summed E-state index contributed by atoms with van der Waals surface area (Å²) in [6.07, 6.45) is 1.44. The second kappa shape index (κ2) is 4.28. The second-order valence-electron chi connectivity index (χ2n) is 2.99. The molecule has 7 heteroatoms. The molecule has 0 aliphatic heterocycles. The third kappa shape index (κ3) is 2.34. The van der Waals surface area contributed by atoms with Gasteiger partial charge < -0.3 is 9.84 Å². The van der Waals surface area contributed by atoms with Crippen LogP contribution in [-0.4, -0.2) is 21.0 Å². The molecule has 16 heavy (non-hydrogen) atoms. The van der Waals surface area contributed by atoms with Crippen LogP contribution in [0.4, 0.5) is 5.82 Å². The highest BCUT2D eigenvalue weighted by Gasteiger charge is 2.11. The number of hydrogen-bond acceptors (Lipinski definition) is 5. The molecule has 0 radical (unpaired) electrons. The lowest BCUT2D eigenvalue weighted by molar-refractivity contribution is 0.101. The first kappa shape index (κ1) is 10.6. The van der Waals surface area contributed by atoms with E-state index in [1.807, 2.05) is 0 Å². The van der Waals surface area contributed by atoms with Crippen LogP contribution in [0.1, 0.15) is 16.2 Å². The van der Waals surface area contributed by atoms with Crippen LogP contribution in [-0.2, 0) is 0 Å². The fourth-order valence-corrected chi connectivity index (χ4v) is 1.21. The number of carbonyl (C=O) groups is 1. The molecule has 1 N–H and O–H groups in total. The summed E-state index contributed by atoms with van der Waals surface area (Å²) in [7, 11) is 0. The number of carbonyl (C=O) groups excluding carboxylic acids is 1. The minimum absolute atomic E-state index is 0.0640. The lowest BCUT2D eigenvalue weighted by Crippen LogP contribution is -2.13. The zero-order valence-corrected chi connectivity index (χ0v) is 9.02. The lowest BCUT2D eigenvalue weighted by atomic mass is 10.3. The monoisotopic (exact) mass is 238 g/mol. The minimum Gasteiger partial charge on any atom is -0.361 e. The van der Waals surface area contributed by atoms with E-state index >= 15 is 0 Å². The fourth-order valence-electron chi connectivity index (χ4n) is 1.06. The molecule has 0 bridgehead atoms. The van der Waals surface area contributed by atoms with Crippen molar-refractivity contribution >= 4 is 23.3 Å². The molecule has 82 valence electrons. The van der Waals surface area contributed by atoms with Crippen molar-refractivity contribution in [2.45, 2.75) is 6.92 Å². The van der Waals surface area contributed by atoms with Crippen LogP contribution >= 0.6 is 11.6 Å². The number of halogens is 1. The van der Waals surface area contributed by atoms with Crippen LogP contribution in [0.25, 0.3) is 0 Å². The topological polar surface area (TPSA) is 80.9 Å². The summed E-state index contributed by atoms with van der Waals surface area (Å²) in [6, 6.07) is 3.05. The maximum atomic E-state index is 11.6. The minimum atomic E-state index is -0.411. The van der Waals surface area contributed by atoms with Crippen LogP contribution in [0.5, 0.6) is 0 Å². The maximum absolute atomic E-state index is 11.6. The van der Waals surface area contributed by atoms with Gasteiger partial charge in [0, 0.05) is 12.3 Å². The molecule has 6 nitrogen and oxygen atoms in total. The number of anilines is 1. The molecule has 0 unspecified atom stereocenters. The van der Waals surface area contributed by atoms with E-state index in [-0.39, 0.29) is 11.0 Å². The Hall–Kier alpha value is -1.95. The van der Waals surface area contributed by atoms with Crippen LogP contribution in [0.2, 0.25) is 5.28 Å². The van der Waals surface area contributed by atoms with Gasteiger partial charge in [-0.1, -0.05) is 5.16 Å². The molecule has 0 aliphatic carbocycles. The van der Waals surface area contributed by atoms with E-state index in [4.69, 9.17) is 16.1 Å². The third-order valence-electron chi connectivity index (χ3n) is 1.73. The summed E-state index contributed by atoms with van der Waals surface area (Å²) < 4.78 is 4.78. The van der Waals surface area contributed by atoms with Crippen LogP contribution in [0.15, 0.2) is 22.9 Å². The molecule has 1 amide bonds. The van der Waals surface area contributed by atoms with Gasteiger partial charge >= 0.3 is 0 Å². The van der Waals surface area contributed by atoms with E-state index < -0.39 is 5.91 Å². The van der Waals surface area contributed by atoms with Crippen molar-refractivity contribution in [3.63, 3.8) is 0 Å². The van der Waals surface area contributed by atoms with E-state index in [0.717, 1.165) is 0 Å². The van der Waals surface area contributed by atoms with E-state index in [0.29, 0.717) is 11.6 Å². The van der Waals surface area contributed by atoms with E-state index in [1.54, 1.807) is 6.92 Å². The fraction of sp³-hybridized carbons (Fsp3) is 0.111. The Morgan fingerprint density at radius 3 is 3.00 bits per heavy atom. The smallest absolute Gasteiger partial charge is 0.279 e. The predicted molar refractivity (Wildman–Crippen MR) is 56.2 cm³/mol. The van der Waals surface area contributed by atoms with Gasteiger partial charge in [0.2, 0.25) is 5.28 Å². The summed E-state index contributed by atoms with van der Waals surface area (Å²) in [5, 5.41) is 6.15. The Kier molecular flexibility index (Phi) is 2.82. The highest BCUT2D eigenvalue weighted by Crippen LogP contribution is 2.08. The van der Waals surface area contributed by atoms with E-state index in [1.165, 1.54) is 18.3 Å². The average Bonchev–Trinajstić information content (AvgIpc) is 2.65. The van der Waals surface area contributed by atoms with Gasteiger partial charge in [0.25, 0.3) is 5.91 Å². The Balaban J connectivity index is 2.13. The highest BCUT2D eigenvalue weighted by molar-refractivity contribution is 6.28. The molecule has 2 heterocycles. The number of aryl methyl sites for hydroxylation is 1. The Bertz CT molecular complexity index is 526. The quantitative estimate of drug-likeness (QED) is 0.805. The molecule has 2 aromatic rings. The average molecular weight is 239 g/mol. The van der Waals surface area contributed by atoms with Gasteiger partial charge in [-0.2, -0.15) is 0 Å². The number of nitrogens with one attached hydrogen (secondary N) is 1. The summed E-state index contributed by atoms with van der Waals surface area (Å²) in [6.45, 7) is 1.70. The maximum Gasteiger partial charge on any atom is 0.279 e. The molecule has 0 spiro atoms. The molecule has 0 aliphatic rings. The SMILES string of the molecule is Cc1cc(C(=O)Nc2ccnc(Cl)n2)no1. The van der Waals surface area contributed by atoms with Crippen LogP contribution in [0.3, 0.4) is 0 Å². The molecule has 2 aromatic heterocycles. The Labute approximate surface area is 95.6 Å². The second-order valence-corrected chi connectivity index (χ2v) is 3.33. The van der Waals surface area contributed by atoms with E-state index in [2.05, 4.69) is 20.4 Å². The zero-order chi connectivity index (χ0) is 11.5. The first-order chi connectivity index (χ1) is 7.65. The van der Waals surface area contributed by atoms with Crippen LogP contribution in [0, 0.1) is 6.92 Å².